The molecule has 1 amide bonds. The number of carbonyl (C=O) groups excluding carboxylic acids is 1. The zero-order valence-electron chi connectivity index (χ0n) is 38.2. The van der Waals surface area contributed by atoms with E-state index in [4.69, 9.17) is 9.05 Å². The Kier molecular flexibility index (Phi) is 39.0. The second-order valence-corrected chi connectivity index (χ2v) is 17.8. The molecule has 0 radical (unpaired) electrons. The van der Waals surface area contributed by atoms with Gasteiger partial charge in [0.15, 0.2) is 0 Å². The summed E-state index contributed by atoms with van der Waals surface area (Å²) in [5, 5.41) is 13.8. The molecule has 9 heteroatoms. The third-order valence-corrected chi connectivity index (χ3v) is 10.5. The molecule has 0 aromatic carbocycles. The molecule has 0 aliphatic heterocycles. The fourth-order valence-electron chi connectivity index (χ4n) is 5.88. The minimum atomic E-state index is -4.36. The van der Waals surface area contributed by atoms with Crippen LogP contribution in [0.5, 0.6) is 0 Å². The van der Waals surface area contributed by atoms with Crippen molar-refractivity contribution in [3.8, 4) is 0 Å². The van der Waals surface area contributed by atoms with Crippen molar-refractivity contribution < 1.29 is 32.9 Å². The molecule has 3 N–H and O–H groups in total. The number of nitrogens with zero attached hydrogens (tertiary/aromatic N) is 1. The van der Waals surface area contributed by atoms with Gasteiger partial charge in [0.25, 0.3) is 0 Å². The second kappa shape index (κ2) is 40.8. The molecule has 8 nitrogen and oxygen atoms in total. The fraction of sp³-hybridized carbons (Fsp3) is 0.660. The van der Waals surface area contributed by atoms with Crippen LogP contribution in [0.1, 0.15) is 162 Å². The minimum absolute atomic E-state index is 0.0473. The number of phosphoric ester groups is 1. The van der Waals surface area contributed by atoms with Gasteiger partial charge in [-0.3, -0.25) is 13.8 Å². The number of carbonyl (C=O) groups is 1. The number of aliphatic hydroxyl groups excluding tert-OH is 1. The molecule has 3 atom stereocenters. The van der Waals surface area contributed by atoms with E-state index in [0.29, 0.717) is 17.4 Å². The Morgan fingerprint density at radius 3 is 1.56 bits per heavy atom. The first-order valence-corrected chi connectivity index (χ1v) is 24.6. The Balaban J connectivity index is 4.40. The van der Waals surface area contributed by atoms with Crippen LogP contribution in [0.4, 0.5) is 0 Å². The lowest BCUT2D eigenvalue weighted by Gasteiger charge is -2.25. The highest BCUT2D eigenvalue weighted by molar-refractivity contribution is 7.47. The van der Waals surface area contributed by atoms with Crippen LogP contribution in [0.25, 0.3) is 0 Å². The summed E-state index contributed by atoms with van der Waals surface area (Å²) in [6, 6.07) is -0.876. The Morgan fingerprint density at radius 1 is 0.593 bits per heavy atom. The normalized spacial score (nSPS) is 15.2. The van der Waals surface area contributed by atoms with E-state index < -0.39 is 20.0 Å². The molecule has 338 valence electrons. The van der Waals surface area contributed by atoms with Gasteiger partial charge in [-0.2, -0.15) is 0 Å². The number of rotatable bonds is 40. The van der Waals surface area contributed by atoms with E-state index in [0.717, 1.165) is 89.9 Å². The van der Waals surface area contributed by atoms with Crippen molar-refractivity contribution in [2.24, 2.45) is 0 Å². The topological polar surface area (TPSA) is 105 Å². The van der Waals surface area contributed by atoms with Crippen LogP contribution in [-0.4, -0.2) is 73.4 Å². The summed E-state index contributed by atoms with van der Waals surface area (Å²) in [5.41, 5.74) is 0. The quantitative estimate of drug-likeness (QED) is 0.0246. The molecule has 0 aromatic heterocycles. The largest absolute Gasteiger partial charge is 0.472 e. The maximum Gasteiger partial charge on any atom is 0.472 e. The highest BCUT2D eigenvalue weighted by Crippen LogP contribution is 2.43. The van der Waals surface area contributed by atoms with Gasteiger partial charge in [-0.1, -0.05) is 169 Å². The van der Waals surface area contributed by atoms with E-state index in [9.17, 15) is 19.4 Å². The molecule has 3 unspecified atom stereocenters. The van der Waals surface area contributed by atoms with Crippen molar-refractivity contribution in [3.05, 3.63) is 97.2 Å². The number of allylic oxidation sites excluding steroid dienone is 15. The van der Waals surface area contributed by atoms with Crippen LogP contribution in [0, 0.1) is 0 Å². The molecule has 0 spiro atoms. The van der Waals surface area contributed by atoms with Gasteiger partial charge in [0.05, 0.1) is 39.9 Å². The number of phosphoric acid groups is 1. The van der Waals surface area contributed by atoms with Crippen LogP contribution in [0.2, 0.25) is 0 Å². The SMILES string of the molecule is CC/C=C\C/C=C\C/C=C\C/C=C\C/C=C\C/C=C\CCCCCCCCC(=O)NC(COP(=O)(O)OCC[N+](C)(C)C)C(O)/C=C/CC/C=C/CCCCCCCC. The number of nitrogens with one attached hydrogen (secondary N) is 1. The average Bonchev–Trinajstić information content (AvgIpc) is 3.19. The summed E-state index contributed by atoms with van der Waals surface area (Å²) < 4.78 is 23.5. The van der Waals surface area contributed by atoms with E-state index in [-0.39, 0.29) is 19.1 Å². The lowest BCUT2D eigenvalue weighted by molar-refractivity contribution is -0.870. The molecule has 0 heterocycles. The van der Waals surface area contributed by atoms with Crippen LogP contribution >= 0.6 is 7.82 Å². The van der Waals surface area contributed by atoms with Gasteiger partial charge in [0.1, 0.15) is 13.2 Å². The predicted octanol–water partition coefficient (Wildman–Crippen LogP) is 13.1. The van der Waals surface area contributed by atoms with Crippen LogP contribution < -0.4 is 5.32 Å². The summed E-state index contributed by atoms with van der Waals surface area (Å²) in [7, 11) is 1.52. The maximum atomic E-state index is 12.9. The number of quaternary nitrogens is 1. The van der Waals surface area contributed by atoms with Gasteiger partial charge in [-0.15, -0.1) is 0 Å². The summed E-state index contributed by atoms with van der Waals surface area (Å²) in [6.07, 6.45) is 57.7. The van der Waals surface area contributed by atoms with Gasteiger partial charge in [-0.25, -0.2) is 4.57 Å². The Morgan fingerprint density at radius 2 is 1.03 bits per heavy atom. The Labute approximate surface area is 362 Å². The minimum Gasteiger partial charge on any atom is -0.387 e. The molecule has 0 aliphatic rings. The van der Waals surface area contributed by atoms with Crippen molar-refractivity contribution in [2.75, 3.05) is 40.9 Å². The zero-order valence-corrected chi connectivity index (χ0v) is 39.1. The van der Waals surface area contributed by atoms with E-state index >= 15 is 0 Å². The molecule has 0 fully saturated rings. The molecule has 0 aliphatic carbocycles. The van der Waals surface area contributed by atoms with Crippen molar-refractivity contribution in [1.29, 1.82) is 0 Å². The zero-order chi connectivity index (χ0) is 43.6. The first-order chi connectivity index (χ1) is 28.5. The monoisotopic (exact) mass is 844 g/mol. The standard InChI is InChI=1S/C50H87N2O6P/c1-6-8-10-12-14-16-18-20-21-22-23-24-25-26-27-28-29-30-31-32-34-36-38-40-42-44-50(54)51-48(47-58-59(55,56)57-46-45-52(3,4)5)49(53)43-41-39-37-35-33-19-17-15-13-11-9-7-2/h8,10,14,16,20-21,23-24,26-27,29-30,33,35,41,43,48-49,53H,6-7,9,11-13,15,17-19,22,25,28,31-32,34,36-40,42,44-47H2,1-5H3,(H-,51,54,55,56)/p+1/b10-8-,16-14-,21-20-,24-23-,27-26-,30-29-,35-33+,43-41+. The number of likely N-dealkylation sites (N-methyl/N-ethyl adjacent to an activating group) is 1. The highest BCUT2D eigenvalue weighted by Gasteiger charge is 2.27. The van der Waals surface area contributed by atoms with Gasteiger partial charge in [0, 0.05) is 6.42 Å². The van der Waals surface area contributed by atoms with Gasteiger partial charge in [0.2, 0.25) is 5.91 Å². The van der Waals surface area contributed by atoms with Crippen molar-refractivity contribution in [2.45, 2.75) is 174 Å². The van der Waals surface area contributed by atoms with Crippen LogP contribution in [0.15, 0.2) is 97.2 Å². The van der Waals surface area contributed by atoms with E-state index in [2.05, 4.69) is 104 Å². The summed E-state index contributed by atoms with van der Waals surface area (Å²) in [5.74, 6) is -0.208. The number of hydrogen-bond donors (Lipinski definition) is 3. The number of unbranched alkanes of at least 4 members (excludes halogenated alkanes) is 13. The summed E-state index contributed by atoms with van der Waals surface area (Å²) in [6.45, 7) is 4.62. The molecule has 59 heavy (non-hydrogen) atoms. The van der Waals surface area contributed by atoms with Crippen molar-refractivity contribution in [3.63, 3.8) is 0 Å². The first kappa shape index (κ1) is 56.4. The van der Waals surface area contributed by atoms with Crippen molar-refractivity contribution >= 4 is 13.7 Å². The van der Waals surface area contributed by atoms with Crippen LogP contribution in [0.3, 0.4) is 0 Å². The predicted molar refractivity (Wildman–Crippen MR) is 253 cm³/mol. The number of amides is 1. The van der Waals surface area contributed by atoms with E-state index in [1.807, 2.05) is 27.2 Å². The third-order valence-electron chi connectivity index (χ3n) is 9.54. The molecule has 0 saturated carbocycles. The molecular weight excluding hydrogens is 756 g/mol. The number of aliphatic hydroxyl groups is 1. The smallest absolute Gasteiger partial charge is 0.387 e. The molecule has 0 bridgehead atoms. The maximum absolute atomic E-state index is 12.9. The highest BCUT2D eigenvalue weighted by atomic mass is 31.2. The summed E-state index contributed by atoms with van der Waals surface area (Å²) in [4.78, 5) is 23.1. The molecule has 0 saturated heterocycles. The fourth-order valence-corrected chi connectivity index (χ4v) is 6.62. The van der Waals surface area contributed by atoms with Crippen LogP contribution in [-0.2, 0) is 18.4 Å². The van der Waals surface area contributed by atoms with Gasteiger partial charge < -0.3 is 19.8 Å². The summed E-state index contributed by atoms with van der Waals surface area (Å²) >= 11 is 0. The Hall–Kier alpha value is -2.58. The third kappa shape index (κ3) is 43.3. The second-order valence-electron chi connectivity index (χ2n) is 16.4. The number of hydrogen-bond acceptors (Lipinski definition) is 5. The van der Waals surface area contributed by atoms with E-state index in [1.54, 1.807) is 6.08 Å². The lowest BCUT2D eigenvalue weighted by Crippen LogP contribution is -2.45. The molecular formula is C50H88N2O6P+. The molecule has 0 rings (SSSR count). The lowest BCUT2D eigenvalue weighted by atomic mass is 10.1. The first-order valence-electron chi connectivity index (χ1n) is 23.1. The average molecular weight is 844 g/mol. The Bertz CT molecular complexity index is 1280. The molecule has 0 aromatic rings. The van der Waals surface area contributed by atoms with Crippen molar-refractivity contribution in [1.82, 2.24) is 5.32 Å². The van der Waals surface area contributed by atoms with E-state index in [1.165, 1.54) is 51.4 Å². The van der Waals surface area contributed by atoms with Gasteiger partial charge >= 0.3 is 7.82 Å². The van der Waals surface area contributed by atoms with Gasteiger partial charge in [-0.05, 0) is 83.5 Å².